The lowest BCUT2D eigenvalue weighted by molar-refractivity contribution is 0.0738. The number of hydrogen-bond acceptors (Lipinski definition) is 3. The SMILES string of the molecule is COc1ccc(OC)c(C(=O)N(C)[C@H](C)c2ccc(F)c(F)c2)c1. The van der Waals surface area contributed by atoms with Gasteiger partial charge in [0.1, 0.15) is 11.5 Å². The van der Waals surface area contributed by atoms with E-state index >= 15 is 0 Å². The predicted molar refractivity (Wildman–Crippen MR) is 86.4 cm³/mol. The van der Waals surface area contributed by atoms with Crippen molar-refractivity contribution in [3.63, 3.8) is 0 Å². The Morgan fingerprint density at radius 3 is 2.33 bits per heavy atom. The minimum absolute atomic E-state index is 0.317. The third-order valence-electron chi connectivity index (χ3n) is 3.96. The Kier molecular flexibility index (Phi) is 5.39. The van der Waals surface area contributed by atoms with Crippen molar-refractivity contribution in [2.45, 2.75) is 13.0 Å². The molecule has 0 unspecified atom stereocenters. The Morgan fingerprint density at radius 2 is 1.75 bits per heavy atom. The Balaban J connectivity index is 2.33. The molecule has 0 saturated heterocycles. The normalized spacial score (nSPS) is 11.8. The van der Waals surface area contributed by atoms with Gasteiger partial charge in [0.25, 0.3) is 5.91 Å². The van der Waals surface area contributed by atoms with E-state index in [2.05, 4.69) is 0 Å². The number of ether oxygens (including phenoxy) is 2. The zero-order valence-corrected chi connectivity index (χ0v) is 14.0. The quantitative estimate of drug-likeness (QED) is 0.834. The van der Waals surface area contributed by atoms with E-state index < -0.39 is 17.7 Å². The summed E-state index contributed by atoms with van der Waals surface area (Å²) in [4.78, 5) is 14.2. The van der Waals surface area contributed by atoms with Crippen LogP contribution in [-0.2, 0) is 0 Å². The van der Waals surface area contributed by atoms with Crippen LogP contribution in [-0.4, -0.2) is 32.1 Å². The lowest BCUT2D eigenvalue weighted by Crippen LogP contribution is -2.30. The van der Waals surface area contributed by atoms with Gasteiger partial charge in [0.2, 0.25) is 0 Å². The molecule has 0 fully saturated rings. The molecule has 128 valence electrons. The molecule has 2 aromatic carbocycles. The van der Waals surface area contributed by atoms with Gasteiger partial charge in [-0.15, -0.1) is 0 Å². The van der Waals surface area contributed by atoms with Gasteiger partial charge in [0.15, 0.2) is 11.6 Å². The van der Waals surface area contributed by atoms with Gasteiger partial charge in [-0.25, -0.2) is 8.78 Å². The fraction of sp³-hybridized carbons (Fsp3) is 0.278. The molecule has 0 N–H and O–H groups in total. The zero-order valence-electron chi connectivity index (χ0n) is 14.0. The largest absolute Gasteiger partial charge is 0.497 e. The summed E-state index contributed by atoms with van der Waals surface area (Å²) in [7, 11) is 4.56. The van der Waals surface area contributed by atoms with Crippen LogP contribution in [0.25, 0.3) is 0 Å². The molecule has 0 aliphatic rings. The second kappa shape index (κ2) is 7.29. The number of carbonyl (C=O) groups is 1. The van der Waals surface area contributed by atoms with Crippen LogP contribution in [0.5, 0.6) is 11.5 Å². The summed E-state index contributed by atoms with van der Waals surface area (Å²) < 4.78 is 36.9. The van der Waals surface area contributed by atoms with Gasteiger partial charge in [0.05, 0.1) is 25.8 Å². The van der Waals surface area contributed by atoms with Crippen molar-refractivity contribution in [3.05, 3.63) is 59.2 Å². The molecule has 0 aliphatic carbocycles. The molecule has 24 heavy (non-hydrogen) atoms. The smallest absolute Gasteiger partial charge is 0.258 e. The molecular formula is C18H19F2NO3. The monoisotopic (exact) mass is 335 g/mol. The third kappa shape index (κ3) is 3.48. The summed E-state index contributed by atoms with van der Waals surface area (Å²) in [5, 5.41) is 0. The van der Waals surface area contributed by atoms with Crippen LogP contribution in [0.15, 0.2) is 36.4 Å². The fourth-order valence-corrected chi connectivity index (χ4v) is 2.34. The minimum Gasteiger partial charge on any atom is -0.497 e. The first-order valence-corrected chi connectivity index (χ1v) is 7.33. The lowest BCUT2D eigenvalue weighted by atomic mass is 10.1. The van der Waals surface area contributed by atoms with Crippen molar-refractivity contribution < 1.29 is 23.0 Å². The Labute approximate surface area is 139 Å². The van der Waals surface area contributed by atoms with Gasteiger partial charge >= 0.3 is 0 Å². The number of hydrogen-bond donors (Lipinski definition) is 0. The van der Waals surface area contributed by atoms with Crippen LogP contribution in [0, 0.1) is 11.6 Å². The highest BCUT2D eigenvalue weighted by atomic mass is 19.2. The minimum atomic E-state index is -0.945. The van der Waals surface area contributed by atoms with Crippen molar-refractivity contribution in [3.8, 4) is 11.5 Å². The van der Waals surface area contributed by atoms with Crippen LogP contribution in [0.3, 0.4) is 0 Å². The van der Waals surface area contributed by atoms with Gasteiger partial charge in [-0.1, -0.05) is 6.07 Å². The zero-order chi connectivity index (χ0) is 17.9. The van der Waals surface area contributed by atoms with Crippen LogP contribution in [0.1, 0.15) is 28.9 Å². The Bertz CT molecular complexity index is 749. The number of benzene rings is 2. The van der Waals surface area contributed by atoms with Gasteiger partial charge in [-0.05, 0) is 42.8 Å². The highest BCUT2D eigenvalue weighted by Crippen LogP contribution is 2.28. The van der Waals surface area contributed by atoms with Crippen molar-refractivity contribution >= 4 is 5.91 Å². The first-order chi connectivity index (χ1) is 11.4. The summed E-state index contributed by atoms with van der Waals surface area (Å²) >= 11 is 0. The summed E-state index contributed by atoms with van der Waals surface area (Å²) in [5.74, 6) is -1.25. The molecule has 0 radical (unpaired) electrons. The number of amides is 1. The molecule has 1 atom stereocenters. The average molecular weight is 335 g/mol. The second-order valence-corrected chi connectivity index (χ2v) is 5.33. The Hall–Kier alpha value is -2.63. The van der Waals surface area contributed by atoms with E-state index in [9.17, 15) is 13.6 Å². The number of halogens is 2. The van der Waals surface area contributed by atoms with Crippen molar-refractivity contribution in [1.82, 2.24) is 4.90 Å². The van der Waals surface area contributed by atoms with Crippen LogP contribution in [0.4, 0.5) is 8.78 Å². The van der Waals surface area contributed by atoms with E-state index in [1.165, 1.54) is 25.2 Å². The van der Waals surface area contributed by atoms with E-state index in [4.69, 9.17) is 9.47 Å². The molecule has 0 aliphatic heterocycles. The molecule has 0 aromatic heterocycles. The summed E-state index contributed by atoms with van der Waals surface area (Å²) in [6.07, 6.45) is 0. The first-order valence-electron chi connectivity index (χ1n) is 7.33. The summed E-state index contributed by atoms with van der Waals surface area (Å²) in [6.45, 7) is 1.73. The van der Waals surface area contributed by atoms with Crippen molar-refractivity contribution in [2.24, 2.45) is 0 Å². The van der Waals surface area contributed by atoms with Gasteiger partial charge < -0.3 is 14.4 Å². The van der Waals surface area contributed by atoms with E-state index in [1.807, 2.05) is 0 Å². The second-order valence-electron chi connectivity index (χ2n) is 5.33. The van der Waals surface area contributed by atoms with Gasteiger partial charge in [-0.3, -0.25) is 4.79 Å². The predicted octanol–water partition coefficient (Wildman–Crippen LogP) is 3.82. The standard InChI is InChI=1S/C18H19F2NO3/c1-11(12-5-7-15(19)16(20)9-12)21(2)18(22)14-10-13(23-3)6-8-17(14)24-4/h5-11H,1-4H3/t11-/m1/s1. The average Bonchev–Trinajstić information content (AvgIpc) is 2.61. The number of nitrogens with zero attached hydrogens (tertiary/aromatic N) is 1. The first kappa shape index (κ1) is 17.7. The fourth-order valence-electron chi connectivity index (χ4n) is 2.34. The molecule has 0 saturated carbocycles. The molecule has 0 bridgehead atoms. The number of carbonyl (C=O) groups excluding carboxylic acids is 1. The van der Waals surface area contributed by atoms with E-state index in [0.717, 1.165) is 12.1 Å². The molecule has 4 nitrogen and oxygen atoms in total. The lowest BCUT2D eigenvalue weighted by Gasteiger charge is -2.26. The molecule has 6 heteroatoms. The van der Waals surface area contributed by atoms with Crippen molar-refractivity contribution in [2.75, 3.05) is 21.3 Å². The van der Waals surface area contributed by atoms with Crippen LogP contribution < -0.4 is 9.47 Å². The van der Waals surface area contributed by atoms with Gasteiger partial charge in [-0.2, -0.15) is 0 Å². The topological polar surface area (TPSA) is 38.8 Å². The maximum Gasteiger partial charge on any atom is 0.258 e. The highest BCUT2D eigenvalue weighted by molar-refractivity contribution is 5.97. The van der Waals surface area contributed by atoms with Gasteiger partial charge in [0, 0.05) is 7.05 Å². The van der Waals surface area contributed by atoms with E-state index in [0.29, 0.717) is 22.6 Å². The van der Waals surface area contributed by atoms with E-state index in [-0.39, 0.29) is 5.91 Å². The van der Waals surface area contributed by atoms with Crippen LogP contribution >= 0.6 is 0 Å². The molecule has 2 aromatic rings. The van der Waals surface area contributed by atoms with Crippen molar-refractivity contribution in [1.29, 1.82) is 0 Å². The van der Waals surface area contributed by atoms with E-state index in [1.54, 1.807) is 32.2 Å². The molecular weight excluding hydrogens is 316 g/mol. The molecule has 1 amide bonds. The molecule has 0 spiro atoms. The van der Waals surface area contributed by atoms with Crippen LogP contribution in [0.2, 0.25) is 0 Å². The maximum atomic E-state index is 13.4. The summed E-state index contributed by atoms with van der Waals surface area (Å²) in [6, 6.07) is 8.04. The number of methoxy groups -OCH3 is 2. The highest BCUT2D eigenvalue weighted by Gasteiger charge is 2.23. The third-order valence-corrected chi connectivity index (χ3v) is 3.96. The molecule has 0 heterocycles. The maximum absolute atomic E-state index is 13.4. The Morgan fingerprint density at radius 1 is 1.04 bits per heavy atom. The molecule has 2 rings (SSSR count). The summed E-state index contributed by atoms with van der Waals surface area (Å²) in [5.41, 5.74) is 0.820. The number of rotatable bonds is 5.